The minimum Gasteiger partial charge on any atom is -0.481 e. The summed E-state index contributed by atoms with van der Waals surface area (Å²) in [6.45, 7) is 6.39. The van der Waals surface area contributed by atoms with E-state index in [0.29, 0.717) is 19.5 Å². The molecule has 0 aromatic rings. The number of carbonyl (C=O) groups is 3. The van der Waals surface area contributed by atoms with Crippen LogP contribution in [0.1, 0.15) is 32.6 Å². The lowest BCUT2D eigenvalue weighted by atomic mass is 10.2. The van der Waals surface area contributed by atoms with Gasteiger partial charge in [0.2, 0.25) is 11.8 Å². The lowest BCUT2D eigenvalue weighted by Gasteiger charge is -2.20. The van der Waals surface area contributed by atoms with Crippen molar-refractivity contribution < 1.29 is 19.5 Å². The fourth-order valence-corrected chi connectivity index (χ4v) is 1.66. The molecule has 0 aromatic heterocycles. The molecule has 0 saturated carbocycles. The van der Waals surface area contributed by atoms with Crippen LogP contribution in [0.5, 0.6) is 0 Å². The molecule has 1 fully saturated rings. The Balaban J connectivity index is 0.000000711. The van der Waals surface area contributed by atoms with Gasteiger partial charge in [0.05, 0.1) is 0 Å². The van der Waals surface area contributed by atoms with Crippen LogP contribution in [0.15, 0.2) is 12.7 Å². The molecule has 108 valence electrons. The Morgan fingerprint density at radius 3 is 2.63 bits per heavy atom. The maximum Gasteiger partial charge on any atom is 0.300 e. The van der Waals surface area contributed by atoms with Gasteiger partial charge in [0, 0.05) is 33.0 Å². The van der Waals surface area contributed by atoms with E-state index in [4.69, 9.17) is 9.90 Å². The average Bonchev–Trinajstić information content (AvgIpc) is 2.54. The first-order valence-corrected chi connectivity index (χ1v) is 6.35. The highest BCUT2D eigenvalue weighted by molar-refractivity contribution is 5.86. The minimum atomic E-state index is -0.833. The molecule has 1 rings (SSSR count). The van der Waals surface area contributed by atoms with E-state index in [1.165, 1.54) is 6.08 Å². The Morgan fingerprint density at radius 2 is 2.05 bits per heavy atom. The third-order valence-corrected chi connectivity index (χ3v) is 2.54. The van der Waals surface area contributed by atoms with E-state index in [2.05, 4.69) is 11.9 Å². The van der Waals surface area contributed by atoms with Crippen LogP contribution in [0, 0.1) is 0 Å². The van der Waals surface area contributed by atoms with Gasteiger partial charge in [0.15, 0.2) is 0 Å². The first-order valence-electron chi connectivity index (χ1n) is 6.35. The zero-order valence-electron chi connectivity index (χ0n) is 11.4. The zero-order valence-corrected chi connectivity index (χ0v) is 11.4. The molecular formula is C13H22N2O4. The van der Waals surface area contributed by atoms with Gasteiger partial charge in [-0.25, -0.2) is 0 Å². The number of nitrogens with zero attached hydrogens (tertiary/aromatic N) is 1. The van der Waals surface area contributed by atoms with Crippen molar-refractivity contribution in [3.8, 4) is 0 Å². The summed E-state index contributed by atoms with van der Waals surface area (Å²) in [5, 5.41) is 10.1. The molecule has 2 amide bonds. The van der Waals surface area contributed by atoms with E-state index in [1.807, 2.05) is 4.90 Å². The maximum atomic E-state index is 11.6. The fourth-order valence-electron chi connectivity index (χ4n) is 1.66. The number of hydrogen-bond acceptors (Lipinski definition) is 3. The highest BCUT2D eigenvalue weighted by Crippen LogP contribution is 2.10. The lowest BCUT2D eigenvalue weighted by Crippen LogP contribution is -2.37. The SMILES string of the molecule is C=CC(=O)NCCN1CCCCCC1=O.CC(=O)O. The second-order valence-corrected chi connectivity index (χ2v) is 4.21. The van der Waals surface area contributed by atoms with Gasteiger partial charge in [-0.2, -0.15) is 0 Å². The molecular weight excluding hydrogens is 248 g/mol. The summed E-state index contributed by atoms with van der Waals surface area (Å²) in [7, 11) is 0. The van der Waals surface area contributed by atoms with Crippen molar-refractivity contribution in [1.82, 2.24) is 10.2 Å². The first kappa shape index (κ1) is 17.2. The summed E-state index contributed by atoms with van der Waals surface area (Å²) in [4.78, 5) is 33.3. The second-order valence-electron chi connectivity index (χ2n) is 4.21. The highest BCUT2D eigenvalue weighted by Gasteiger charge is 2.15. The Morgan fingerprint density at radius 1 is 1.42 bits per heavy atom. The third-order valence-electron chi connectivity index (χ3n) is 2.54. The van der Waals surface area contributed by atoms with Crippen LogP contribution in [0.25, 0.3) is 0 Å². The van der Waals surface area contributed by atoms with E-state index in [-0.39, 0.29) is 11.8 Å². The molecule has 1 saturated heterocycles. The number of nitrogens with one attached hydrogen (secondary N) is 1. The first-order chi connectivity index (χ1) is 8.97. The van der Waals surface area contributed by atoms with Crippen LogP contribution in [-0.4, -0.2) is 47.4 Å². The number of carboxylic acids is 1. The monoisotopic (exact) mass is 270 g/mol. The topological polar surface area (TPSA) is 86.7 Å². The molecule has 0 radical (unpaired) electrons. The molecule has 0 unspecified atom stereocenters. The van der Waals surface area contributed by atoms with Gasteiger partial charge in [-0.15, -0.1) is 0 Å². The third kappa shape index (κ3) is 9.82. The van der Waals surface area contributed by atoms with Gasteiger partial charge in [-0.05, 0) is 18.9 Å². The molecule has 0 spiro atoms. The molecule has 1 aliphatic rings. The van der Waals surface area contributed by atoms with Crippen LogP contribution in [0.4, 0.5) is 0 Å². The van der Waals surface area contributed by atoms with Gasteiger partial charge in [-0.1, -0.05) is 13.0 Å². The second kappa shape index (κ2) is 10.1. The number of likely N-dealkylation sites (tertiary alicyclic amines) is 1. The standard InChI is InChI=1S/C11H18N2O2.C2H4O2/c1-2-10(14)12-7-9-13-8-5-3-4-6-11(13)15;1-2(3)4/h2H,1,3-9H2,(H,12,14);1H3,(H,3,4). The van der Waals surface area contributed by atoms with Crippen molar-refractivity contribution in [1.29, 1.82) is 0 Å². The van der Waals surface area contributed by atoms with Gasteiger partial charge >= 0.3 is 0 Å². The summed E-state index contributed by atoms with van der Waals surface area (Å²) in [5.74, 6) is -0.808. The Kier molecular flexibility index (Phi) is 9.12. The highest BCUT2D eigenvalue weighted by atomic mass is 16.4. The molecule has 6 nitrogen and oxygen atoms in total. The summed E-state index contributed by atoms with van der Waals surface area (Å²) in [5.41, 5.74) is 0. The fraction of sp³-hybridized carbons (Fsp3) is 0.615. The normalized spacial score (nSPS) is 14.8. The molecule has 1 heterocycles. The minimum absolute atomic E-state index is 0.183. The number of carbonyl (C=O) groups excluding carboxylic acids is 2. The van der Waals surface area contributed by atoms with Crippen LogP contribution in [0.3, 0.4) is 0 Å². The van der Waals surface area contributed by atoms with Gasteiger partial charge in [0.1, 0.15) is 0 Å². The number of amides is 2. The molecule has 1 aliphatic heterocycles. The van der Waals surface area contributed by atoms with Crippen molar-refractivity contribution in [2.45, 2.75) is 32.6 Å². The molecule has 19 heavy (non-hydrogen) atoms. The predicted octanol–water partition coefficient (Wildman–Crippen LogP) is 0.782. The Labute approximate surface area is 113 Å². The molecule has 6 heteroatoms. The molecule has 0 aliphatic carbocycles. The van der Waals surface area contributed by atoms with E-state index in [0.717, 1.165) is 32.7 Å². The number of carboxylic acid groups (broad SMARTS) is 1. The average molecular weight is 270 g/mol. The van der Waals surface area contributed by atoms with Crippen LogP contribution >= 0.6 is 0 Å². The van der Waals surface area contributed by atoms with Crippen molar-refractivity contribution in [2.24, 2.45) is 0 Å². The van der Waals surface area contributed by atoms with Crippen LogP contribution < -0.4 is 5.32 Å². The van der Waals surface area contributed by atoms with Crippen molar-refractivity contribution in [3.05, 3.63) is 12.7 Å². The van der Waals surface area contributed by atoms with Crippen LogP contribution in [0.2, 0.25) is 0 Å². The summed E-state index contributed by atoms with van der Waals surface area (Å²) < 4.78 is 0. The maximum absolute atomic E-state index is 11.6. The molecule has 0 bridgehead atoms. The number of rotatable bonds is 4. The largest absolute Gasteiger partial charge is 0.481 e. The van der Waals surface area contributed by atoms with Gasteiger partial charge < -0.3 is 15.3 Å². The van der Waals surface area contributed by atoms with E-state index < -0.39 is 5.97 Å². The van der Waals surface area contributed by atoms with Crippen molar-refractivity contribution in [2.75, 3.05) is 19.6 Å². The van der Waals surface area contributed by atoms with Crippen molar-refractivity contribution in [3.63, 3.8) is 0 Å². The number of hydrogen-bond donors (Lipinski definition) is 2. The van der Waals surface area contributed by atoms with Crippen LogP contribution in [-0.2, 0) is 14.4 Å². The Bertz CT molecular complexity index is 325. The predicted molar refractivity (Wildman–Crippen MR) is 71.6 cm³/mol. The Hall–Kier alpha value is -1.85. The smallest absolute Gasteiger partial charge is 0.300 e. The number of aliphatic carboxylic acids is 1. The van der Waals surface area contributed by atoms with E-state index in [9.17, 15) is 9.59 Å². The summed E-state index contributed by atoms with van der Waals surface area (Å²) in [6, 6.07) is 0. The van der Waals surface area contributed by atoms with Gasteiger partial charge in [-0.3, -0.25) is 14.4 Å². The zero-order chi connectivity index (χ0) is 14.7. The van der Waals surface area contributed by atoms with E-state index >= 15 is 0 Å². The summed E-state index contributed by atoms with van der Waals surface area (Å²) in [6.07, 6.45) is 5.08. The lowest BCUT2D eigenvalue weighted by molar-refractivity contribution is -0.134. The molecule has 2 N–H and O–H groups in total. The van der Waals surface area contributed by atoms with Gasteiger partial charge in [0.25, 0.3) is 5.97 Å². The molecule has 0 aromatic carbocycles. The molecule has 0 atom stereocenters. The summed E-state index contributed by atoms with van der Waals surface area (Å²) >= 11 is 0. The van der Waals surface area contributed by atoms with Crippen molar-refractivity contribution >= 4 is 17.8 Å². The quantitative estimate of drug-likeness (QED) is 0.739. The van der Waals surface area contributed by atoms with E-state index in [1.54, 1.807) is 0 Å².